The first-order valence-electron chi connectivity index (χ1n) is 5.36. The van der Waals surface area contributed by atoms with E-state index in [4.69, 9.17) is 5.73 Å². The predicted octanol–water partition coefficient (Wildman–Crippen LogP) is 2.32. The number of para-hydroxylation sites is 1. The third-order valence-electron chi connectivity index (χ3n) is 2.98. The lowest BCUT2D eigenvalue weighted by Gasteiger charge is -2.22. The number of amides is 1. The molecule has 1 aromatic carbocycles. The Labute approximate surface area is 102 Å². The number of benzene rings is 1. The van der Waals surface area contributed by atoms with Crippen molar-refractivity contribution in [1.29, 1.82) is 0 Å². The Hall–Kier alpha value is -1.06. The first kappa shape index (κ1) is 13.0. The fourth-order valence-electron chi connectivity index (χ4n) is 2.01. The highest BCUT2D eigenvalue weighted by molar-refractivity contribution is 5.98. The van der Waals surface area contributed by atoms with Crippen molar-refractivity contribution in [3.05, 3.63) is 30.3 Å². The molecule has 1 aliphatic carbocycles. The van der Waals surface area contributed by atoms with Crippen molar-refractivity contribution in [2.24, 2.45) is 5.73 Å². The highest BCUT2D eigenvalue weighted by atomic mass is 35.5. The molecule has 0 bridgehead atoms. The van der Waals surface area contributed by atoms with Crippen LogP contribution in [0.25, 0.3) is 0 Å². The summed E-state index contributed by atoms with van der Waals surface area (Å²) < 4.78 is 0. The zero-order chi connectivity index (χ0) is 10.7. The van der Waals surface area contributed by atoms with Gasteiger partial charge in [-0.05, 0) is 25.0 Å². The number of carbonyl (C=O) groups excluding carboxylic acids is 1. The first-order valence-corrected chi connectivity index (χ1v) is 5.36. The van der Waals surface area contributed by atoms with Crippen molar-refractivity contribution >= 4 is 24.0 Å². The molecule has 16 heavy (non-hydrogen) atoms. The summed E-state index contributed by atoms with van der Waals surface area (Å²) in [7, 11) is 0. The van der Waals surface area contributed by atoms with E-state index in [1.165, 1.54) is 0 Å². The van der Waals surface area contributed by atoms with Gasteiger partial charge >= 0.3 is 0 Å². The Morgan fingerprint density at radius 1 is 1.19 bits per heavy atom. The van der Waals surface area contributed by atoms with Crippen molar-refractivity contribution in [3.8, 4) is 0 Å². The standard InChI is InChI=1S/C12H16N2O.ClH/c13-12(8-4-5-9-12)11(15)14-10-6-2-1-3-7-10;/h1-3,6-7H,4-5,8-9,13H2,(H,14,15);1H. The van der Waals surface area contributed by atoms with Gasteiger partial charge in [0.25, 0.3) is 0 Å². The number of hydrogen-bond donors (Lipinski definition) is 2. The summed E-state index contributed by atoms with van der Waals surface area (Å²) in [5, 5.41) is 2.86. The molecule has 1 aliphatic rings. The Morgan fingerprint density at radius 3 is 2.31 bits per heavy atom. The number of nitrogens with one attached hydrogen (secondary N) is 1. The van der Waals surface area contributed by atoms with Gasteiger partial charge in [-0.2, -0.15) is 0 Å². The van der Waals surface area contributed by atoms with E-state index in [0.29, 0.717) is 0 Å². The lowest BCUT2D eigenvalue weighted by molar-refractivity contribution is -0.121. The maximum absolute atomic E-state index is 11.9. The minimum Gasteiger partial charge on any atom is -0.324 e. The SMILES string of the molecule is Cl.NC1(C(=O)Nc2ccccc2)CCCC1. The third-order valence-corrected chi connectivity index (χ3v) is 2.98. The van der Waals surface area contributed by atoms with Crippen molar-refractivity contribution in [3.63, 3.8) is 0 Å². The summed E-state index contributed by atoms with van der Waals surface area (Å²) in [6.45, 7) is 0. The molecule has 88 valence electrons. The molecule has 1 fully saturated rings. The minimum absolute atomic E-state index is 0. The Morgan fingerprint density at radius 2 is 1.75 bits per heavy atom. The highest BCUT2D eigenvalue weighted by Crippen LogP contribution is 2.28. The van der Waals surface area contributed by atoms with Crippen LogP contribution in [-0.4, -0.2) is 11.4 Å². The molecule has 0 saturated heterocycles. The number of hydrogen-bond acceptors (Lipinski definition) is 2. The van der Waals surface area contributed by atoms with Gasteiger partial charge in [0.15, 0.2) is 0 Å². The van der Waals surface area contributed by atoms with Crippen LogP contribution in [0.1, 0.15) is 25.7 Å². The van der Waals surface area contributed by atoms with E-state index in [0.717, 1.165) is 31.4 Å². The van der Waals surface area contributed by atoms with Gasteiger partial charge in [-0.3, -0.25) is 4.79 Å². The average molecular weight is 241 g/mol. The van der Waals surface area contributed by atoms with Crippen LogP contribution in [0.3, 0.4) is 0 Å². The molecular weight excluding hydrogens is 224 g/mol. The summed E-state index contributed by atoms with van der Waals surface area (Å²) in [4.78, 5) is 11.9. The summed E-state index contributed by atoms with van der Waals surface area (Å²) in [6.07, 6.45) is 3.70. The Balaban J connectivity index is 0.00000128. The van der Waals surface area contributed by atoms with Crippen LogP contribution >= 0.6 is 12.4 Å². The van der Waals surface area contributed by atoms with Gasteiger partial charge in [0.05, 0.1) is 5.54 Å². The molecule has 0 spiro atoms. The van der Waals surface area contributed by atoms with E-state index < -0.39 is 5.54 Å². The fraction of sp³-hybridized carbons (Fsp3) is 0.417. The summed E-state index contributed by atoms with van der Waals surface area (Å²) in [5.74, 6) is -0.0498. The average Bonchev–Trinajstić information content (AvgIpc) is 2.68. The number of anilines is 1. The summed E-state index contributed by atoms with van der Waals surface area (Å²) in [5.41, 5.74) is 6.21. The predicted molar refractivity (Wildman–Crippen MR) is 67.7 cm³/mol. The van der Waals surface area contributed by atoms with E-state index in [9.17, 15) is 4.79 Å². The molecule has 0 atom stereocenters. The summed E-state index contributed by atoms with van der Waals surface area (Å²) in [6, 6.07) is 9.46. The fourth-order valence-corrected chi connectivity index (χ4v) is 2.01. The van der Waals surface area contributed by atoms with Crippen LogP contribution in [0.15, 0.2) is 30.3 Å². The molecule has 0 radical (unpaired) electrons. The normalized spacial score (nSPS) is 17.6. The largest absolute Gasteiger partial charge is 0.324 e. The zero-order valence-corrected chi connectivity index (χ0v) is 9.93. The van der Waals surface area contributed by atoms with Crippen LogP contribution in [0.4, 0.5) is 5.69 Å². The molecule has 1 saturated carbocycles. The molecular formula is C12H17ClN2O. The molecule has 0 aromatic heterocycles. The second-order valence-corrected chi connectivity index (χ2v) is 4.18. The van der Waals surface area contributed by atoms with Crippen molar-refractivity contribution < 1.29 is 4.79 Å². The van der Waals surface area contributed by atoms with Crippen molar-refractivity contribution in [2.75, 3.05) is 5.32 Å². The Bertz CT molecular complexity index is 347. The first-order chi connectivity index (χ1) is 7.21. The van der Waals surface area contributed by atoms with Gasteiger partial charge in [0, 0.05) is 5.69 Å². The number of rotatable bonds is 2. The number of nitrogens with two attached hydrogens (primary N) is 1. The van der Waals surface area contributed by atoms with Gasteiger partial charge in [-0.15, -0.1) is 12.4 Å². The van der Waals surface area contributed by atoms with Gasteiger partial charge in [0.2, 0.25) is 5.91 Å². The van der Waals surface area contributed by atoms with E-state index in [1.807, 2.05) is 30.3 Å². The van der Waals surface area contributed by atoms with E-state index in [1.54, 1.807) is 0 Å². The lowest BCUT2D eigenvalue weighted by Crippen LogP contribution is -2.48. The molecule has 0 heterocycles. The van der Waals surface area contributed by atoms with Crippen molar-refractivity contribution in [2.45, 2.75) is 31.2 Å². The zero-order valence-electron chi connectivity index (χ0n) is 9.11. The maximum atomic E-state index is 11.9. The van der Waals surface area contributed by atoms with E-state index in [-0.39, 0.29) is 18.3 Å². The molecule has 3 nitrogen and oxygen atoms in total. The molecule has 1 aromatic rings. The Kier molecular flexibility index (Phi) is 4.33. The quantitative estimate of drug-likeness (QED) is 0.834. The van der Waals surface area contributed by atoms with Gasteiger partial charge in [-0.1, -0.05) is 31.0 Å². The van der Waals surface area contributed by atoms with Gasteiger partial charge < -0.3 is 11.1 Å². The second kappa shape index (κ2) is 5.32. The van der Waals surface area contributed by atoms with Gasteiger partial charge in [0.1, 0.15) is 0 Å². The minimum atomic E-state index is -0.643. The summed E-state index contributed by atoms with van der Waals surface area (Å²) >= 11 is 0. The monoisotopic (exact) mass is 240 g/mol. The molecule has 4 heteroatoms. The number of carbonyl (C=O) groups is 1. The van der Waals surface area contributed by atoms with E-state index >= 15 is 0 Å². The molecule has 2 rings (SSSR count). The van der Waals surface area contributed by atoms with Crippen molar-refractivity contribution in [1.82, 2.24) is 0 Å². The van der Waals surface area contributed by atoms with Crippen LogP contribution in [0.5, 0.6) is 0 Å². The van der Waals surface area contributed by atoms with Crippen LogP contribution in [0, 0.1) is 0 Å². The van der Waals surface area contributed by atoms with Crippen LogP contribution in [0.2, 0.25) is 0 Å². The van der Waals surface area contributed by atoms with Crippen LogP contribution < -0.4 is 11.1 Å². The van der Waals surface area contributed by atoms with Crippen LogP contribution in [-0.2, 0) is 4.79 Å². The smallest absolute Gasteiger partial charge is 0.244 e. The maximum Gasteiger partial charge on any atom is 0.244 e. The molecule has 1 amide bonds. The lowest BCUT2D eigenvalue weighted by atomic mass is 9.98. The third kappa shape index (κ3) is 2.74. The molecule has 0 unspecified atom stereocenters. The van der Waals surface area contributed by atoms with E-state index in [2.05, 4.69) is 5.32 Å². The number of halogens is 1. The molecule has 0 aliphatic heterocycles. The second-order valence-electron chi connectivity index (χ2n) is 4.18. The topological polar surface area (TPSA) is 55.1 Å². The van der Waals surface area contributed by atoms with Gasteiger partial charge in [-0.25, -0.2) is 0 Å². The molecule has 3 N–H and O–H groups in total. The highest BCUT2D eigenvalue weighted by Gasteiger charge is 2.36.